The average molecular weight is 578 g/mol. The number of aliphatic hydroxyl groups excluding tert-OH is 1. The van der Waals surface area contributed by atoms with Gasteiger partial charge in [-0.3, -0.25) is 4.79 Å². The molecule has 2 fully saturated rings. The monoisotopic (exact) mass is 577 g/mol. The fraction of sp³-hybridized carbons (Fsp3) is 0.529. The molecule has 3 aliphatic rings. The Bertz CT molecular complexity index is 1290. The highest BCUT2D eigenvalue weighted by molar-refractivity contribution is 5.97. The number of likely N-dealkylation sites (tertiary alicyclic amines) is 1. The van der Waals surface area contributed by atoms with Gasteiger partial charge in [-0.05, 0) is 70.2 Å². The molecule has 0 bridgehead atoms. The van der Waals surface area contributed by atoms with Crippen molar-refractivity contribution in [3.05, 3.63) is 77.9 Å². The highest BCUT2D eigenvalue weighted by atomic mass is 16.7. The molecule has 1 aliphatic carbocycles. The summed E-state index contributed by atoms with van der Waals surface area (Å²) >= 11 is 0. The number of hydrogen-bond donors (Lipinski definition) is 1. The van der Waals surface area contributed by atoms with E-state index in [0.29, 0.717) is 18.8 Å². The Kier molecular flexibility index (Phi) is 8.52. The molecular weight excluding hydrogens is 534 g/mol. The first-order valence-electron chi connectivity index (χ1n) is 14.9. The smallest absolute Gasteiger partial charge is 0.338 e. The second-order valence-electron chi connectivity index (χ2n) is 12.7. The van der Waals surface area contributed by atoms with E-state index in [4.69, 9.17) is 18.9 Å². The Morgan fingerprint density at radius 3 is 2.45 bits per heavy atom. The molecule has 2 heterocycles. The van der Waals surface area contributed by atoms with Gasteiger partial charge in [-0.25, -0.2) is 4.79 Å². The van der Waals surface area contributed by atoms with E-state index in [0.717, 1.165) is 24.0 Å². The highest BCUT2D eigenvalue weighted by Crippen LogP contribution is 2.57. The van der Waals surface area contributed by atoms with Crippen molar-refractivity contribution in [3.8, 4) is 5.75 Å². The zero-order valence-electron chi connectivity index (χ0n) is 25.2. The van der Waals surface area contributed by atoms with E-state index >= 15 is 0 Å². The van der Waals surface area contributed by atoms with Crippen LogP contribution in [0.1, 0.15) is 64.5 Å². The van der Waals surface area contributed by atoms with Crippen molar-refractivity contribution in [3.63, 3.8) is 0 Å². The third-order valence-electron chi connectivity index (χ3n) is 8.83. The second kappa shape index (κ2) is 11.8. The molecule has 226 valence electrons. The summed E-state index contributed by atoms with van der Waals surface area (Å²) in [6.07, 6.45) is 4.72. The van der Waals surface area contributed by atoms with Gasteiger partial charge in [-0.2, -0.15) is 0 Å². The summed E-state index contributed by atoms with van der Waals surface area (Å²) in [7, 11) is 1.59. The molecule has 8 heteroatoms. The zero-order valence-corrected chi connectivity index (χ0v) is 25.2. The normalized spacial score (nSPS) is 29.8. The molecule has 2 aliphatic heterocycles. The van der Waals surface area contributed by atoms with Crippen molar-refractivity contribution in [1.82, 2.24) is 4.90 Å². The molecule has 8 nitrogen and oxygen atoms in total. The van der Waals surface area contributed by atoms with E-state index in [9.17, 15) is 14.7 Å². The maximum Gasteiger partial charge on any atom is 0.338 e. The molecule has 1 amide bonds. The number of fused-ring (bicyclic) bond motifs is 1. The molecule has 0 saturated carbocycles. The molecule has 42 heavy (non-hydrogen) atoms. The number of amides is 1. The van der Waals surface area contributed by atoms with Gasteiger partial charge in [0.05, 0.1) is 25.7 Å². The van der Waals surface area contributed by atoms with Crippen LogP contribution in [0.5, 0.6) is 5.75 Å². The molecule has 0 aromatic heterocycles. The maximum absolute atomic E-state index is 14.6. The van der Waals surface area contributed by atoms with Gasteiger partial charge >= 0.3 is 5.97 Å². The molecule has 2 aromatic carbocycles. The molecule has 2 saturated heterocycles. The molecule has 5 rings (SSSR count). The topological polar surface area (TPSA) is 94.5 Å². The van der Waals surface area contributed by atoms with E-state index in [1.807, 2.05) is 66.7 Å². The third kappa shape index (κ3) is 5.48. The van der Waals surface area contributed by atoms with Gasteiger partial charge in [0, 0.05) is 18.9 Å². The molecular formula is C34H43NO7. The second-order valence-corrected chi connectivity index (χ2v) is 12.7. The van der Waals surface area contributed by atoms with E-state index in [1.54, 1.807) is 34.8 Å². The summed E-state index contributed by atoms with van der Waals surface area (Å²) in [5, 5.41) is 12.4. The summed E-state index contributed by atoms with van der Waals surface area (Å²) in [5.74, 6) is -1.32. The van der Waals surface area contributed by atoms with Gasteiger partial charge in [0.2, 0.25) is 5.91 Å². The lowest BCUT2D eigenvalue weighted by atomic mass is 9.68. The third-order valence-corrected chi connectivity index (χ3v) is 8.83. The number of methoxy groups -OCH3 is 1. The molecule has 2 aromatic rings. The van der Waals surface area contributed by atoms with Gasteiger partial charge in [0.15, 0.2) is 11.8 Å². The first-order chi connectivity index (χ1) is 20.0. The van der Waals surface area contributed by atoms with Crippen molar-refractivity contribution >= 4 is 11.9 Å². The largest absolute Gasteiger partial charge is 0.497 e. The standard InChI is InChI=1S/C34H43NO7/c1-32(2,3)42-31(38)34(29(36)25-14-10-7-11-15-25)33(4)27(20-28(41-33)40-22-24-12-8-6-9-13-24)30(37)35(34)21-23-16-18-26(39-5)19-17-23/h6,8-10,12-14,16-19,25,27-29,36H,7,11,15,20-22H2,1-5H3/t25-,27-,28-,29-,33+,34+/m1/s1. The van der Waals surface area contributed by atoms with Crippen molar-refractivity contribution in [2.24, 2.45) is 11.8 Å². The lowest BCUT2D eigenvalue weighted by Crippen LogP contribution is -2.72. The van der Waals surface area contributed by atoms with Crippen LogP contribution in [0, 0.1) is 11.8 Å². The van der Waals surface area contributed by atoms with Crippen LogP contribution in [0.15, 0.2) is 66.7 Å². The zero-order chi connectivity index (χ0) is 30.1. The van der Waals surface area contributed by atoms with Crippen LogP contribution in [0.3, 0.4) is 0 Å². The number of hydrogen-bond acceptors (Lipinski definition) is 7. The quantitative estimate of drug-likeness (QED) is 0.325. The number of allylic oxidation sites excluding steroid dienone is 1. The first kappa shape index (κ1) is 30.3. The van der Waals surface area contributed by atoms with Crippen molar-refractivity contribution in [1.29, 1.82) is 0 Å². The van der Waals surface area contributed by atoms with Crippen LogP contribution in [0.2, 0.25) is 0 Å². The van der Waals surface area contributed by atoms with E-state index in [2.05, 4.69) is 0 Å². The van der Waals surface area contributed by atoms with Gasteiger partial charge < -0.3 is 29.0 Å². The summed E-state index contributed by atoms with van der Waals surface area (Å²) < 4.78 is 24.2. The minimum atomic E-state index is -1.82. The molecule has 0 unspecified atom stereocenters. The Hall–Kier alpha value is -3.20. The minimum Gasteiger partial charge on any atom is -0.497 e. The van der Waals surface area contributed by atoms with Gasteiger partial charge in [-0.15, -0.1) is 0 Å². The summed E-state index contributed by atoms with van der Waals surface area (Å²) in [4.78, 5) is 30.6. The Morgan fingerprint density at radius 2 is 1.83 bits per heavy atom. The van der Waals surface area contributed by atoms with Gasteiger partial charge in [0.1, 0.15) is 17.0 Å². The summed E-state index contributed by atoms with van der Waals surface area (Å²) in [5.41, 5.74) is -2.33. The van der Waals surface area contributed by atoms with Crippen LogP contribution in [-0.4, -0.2) is 58.1 Å². The van der Waals surface area contributed by atoms with Crippen molar-refractivity contribution in [2.45, 2.75) is 95.7 Å². The molecule has 0 spiro atoms. The number of ether oxygens (including phenoxy) is 4. The van der Waals surface area contributed by atoms with Crippen LogP contribution >= 0.6 is 0 Å². The van der Waals surface area contributed by atoms with Crippen molar-refractivity contribution < 1.29 is 33.6 Å². The lowest BCUT2D eigenvalue weighted by Gasteiger charge is -2.50. The predicted molar refractivity (Wildman–Crippen MR) is 157 cm³/mol. The predicted octanol–water partition coefficient (Wildman–Crippen LogP) is 5.17. The van der Waals surface area contributed by atoms with Crippen molar-refractivity contribution in [2.75, 3.05) is 7.11 Å². The Morgan fingerprint density at radius 1 is 1.12 bits per heavy atom. The summed E-state index contributed by atoms with van der Waals surface area (Å²) in [6, 6.07) is 17.1. The number of benzene rings is 2. The fourth-order valence-corrected chi connectivity index (χ4v) is 6.78. The number of carbonyl (C=O) groups is 2. The average Bonchev–Trinajstić information content (AvgIpc) is 3.40. The Labute approximate surface area is 248 Å². The number of rotatable bonds is 9. The molecule has 0 radical (unpaired) electrons. The first-order valence-corrected chi connectivity index (χ1v) is 14.9. The number of nitrogens with zero attached hydrogens (tertiary/aromatic N) is 1. The van der Waals surface area contributed by atoms with Crippen LogP contribution in [0.25, 0.3) is 0 Å². The molecule has 1 N–H and O–H groups in total. The van der Waals surface area contributed by atoms with E-state index < -0.39 is 41.0 Å². The van der Waals surface area contributed by atoms with Gasteiger partial charge in [0.25, 0.3) is 0 Å². The summed E-state index contributed by atoms with van der Waals surface area (Å²) in [6.45, 7) is 7.53. The van der Waals surface area contributed by atoms with E-state index in [-0.39, 0.29) is 24.8 Å². The van der Waals surface area contributed by atoms with Crippen LogP contribution < -0.4 is 4.74 Å². The van der Waals surface area contributed by atoms with E-state index in [1.165, 1.54) is 4.90 Å². The number of esters is 1. The highest BCUT2D eigenvalue weighted by Gasteiger charge is 2.78. The molecule has 6 atom stereocenters. The SMILES string of the molecule is COc1ccc(CN2C(=O)[C@H]3C[C@H](OCc4ccccc4)O[C@]3(C)[C@@]2(C(=O)OC(C)(C)C)[C@H](O)[C@@H]2C=CCCC2)cc1. The Balaban J connectivity index is 1.58. The van der Waals surface area contributed by atoms with Gasteiger partial charge in [-0.1, -0.05) is 54.6 Å². The maximum atomic E-state index is 14.6. The lowest BCUT2D eigenvalue weighted by molar-refractivity contribution is -0.234. The number of carbonyl (C=O) groups excluding carboxylic acids is 2. The number of aliphatic hydroxyl groups is 1. The minimum absolute atomic E-state index is 0.0978. The van der Waals surface area contributed by atoms with Crippen LogP contribution in [-0.2, 0) is 37.0 Å². The van der Waals surface area contributed by atoms with Crippen LogP contribution in [0.4, 0.5) is 0 Å². The fourth-order valence-electron chi connectivity index (χ4n) is 6.78.